The van der Waals surface area contributed by atoms with Crippen molar-refractivity contribution < 1.29 is 14.0 Å². The Morgan fingerprint density at radius 3 is 2.56 bits per heavy atom. The number of aromatic nitrogens is 3. The van der Waals surface area contributed by atoms with Crippen molar-refractivity contribution in [2.45, 2.75) is 33.2 Å². The van der Waals surface area contributed by atoms with Crippen molar-refractivity contribution in [2.75, 3.05) is 33.9 Å². The third-order valence-electron chi connectivity index (χ3n) is 5.32. The summed E-state index contributed by atoms with van der Waals surface area (Å²) >= 11 is 0. The smallest absolute Gasteiger partial charge is 0.326 e. The van der Waals surface area contributed by atoms with Gasteiger partial charge in [0.15, 0.2) is 5.58 Å². The zero-order valence-electron chi connectivity index (χ0n) is 19.1. The van der Waals surface area contributed by atoms with E-state index >= 15 is 0 Å². The fourth-order valence-electron chi connectivity index (χ4n) is 3.73. The molecule has 0 aliphatic heterocycles. The van der Waals surface area contributed by atoms with Gasteiger partial charge in [-0.15, -0.1) is 0 Å². The Labute approximate surface area is 186 Å². The van der Waals surface area contributed by atoms with Crippen molar-refractivity contribution >= 4 is 22.0 Å². The summed E-state index contributed by atoms with van der Waals surface area (Å²) in [4.78, 5) is 17.8. The van der Waals surface area contributed by atoms with Crippen molar-refractivity contribution in [3.05, 3.63) is 52.1 Å². The normalized spacial score (nSPS) is 11.7. The summed E-state index contributed by atoms with van der Waals surface area (Å²) < 4.78 is 18.9. The second-order valence-electron chi connectivity index (χ2n) is 8.32. The van der Waals surface area contributed by atoms with Crippen LogP contribution in [0.3, 0.4) is 0 Å². The summed E-state index contributed by atoms with van der Waals surface area (Å²) in [5.41, 5.74) is 3.74. The number of imidazole rings is 1. The molecule has 0 amide bonds. The first kappa shape index (κ1) is 22.0. The molecular weight excluding hydrogens is 408 g/mol. The topological polar surface area (TPSA) is 85.5 Å². The molecule has 0 atom stereocenters. The van der Waals surface area contributed by atoms with Gasteiger partial charge in [-0.3, -0.25) is 4.57 Å². The first-order valence-corrected chi connectivity index (χ1v) is 11.0. The van der Waals surface area contributed by atoms with Gasteiger partial charge in [-0.05, 0) is 57.6 Å². The predicted molar refractivity (Wildman–Crippen MR) is 125 cm³/mol. The second-order valence-corrected chi connectivity index (χ2v) is 8.32. The van der Waals surface area contributed by atoms with Crippen LogP contribution in [0, 0.1) is 6.92 Å². The number of nitrogens with one attached hydrogen (secondary N) is 1. The lowest BCUT2D eigenvalue weighted by molar-refractivity contribution is 0.277. The Morgan fingerprint density at radius 2 is 1.84 bits per heavy atom. The van der Waals surface area contributed by atoms with Gasteiger partial charge in [0.1, 0.15) is 11.5 Å². The van der Waals surface area contributed by atoms with Gasteiger partial charge in [-0.2, -0.15) is 0 Å². The van der Waals surface area contributed by atoms with E-state index in [1.807, 2.05) is 51.4 Å². The molecule has 0 fully saturated rings. The molecule has 4 aromatic rings. The van der Waals surface area contributed by atoms with Crippen molar-refractivity contribution in [3.8, 4) is 11.5 Å². The minimum atomic E-state index is -0.174. The minimum absolute atomic E-state index is 0.174. The minimum Gasteiger partial charge on any atom is -0.493 e. The lowest BCUT2D eigenvalue weighted by Gasteiger charge is -2.14. The van der Waals surface area contributed by atoms with Crippen LogP contribution < -0.4 is 15.2 Å². The molecule has 2 heterocycles. The molecule has 0 bridgehead atoms. The maximum absolute atomic E-state index is 12.7. The molecule has 170 valence electrons. The summed E-state index contributed by atoms with van der Waals surface area (Å²) in [5.74, 6) is 1.50. The van der Waals surface area contributed by atoms with Crippen LogP contribution >= 0.6 is 0 Å². The highest BCUT2D eigenvalue weighted by Crippen LogP contribution is 2.27. The van der Waals surface area contributed by atoms with Crippen molar-refractivity contribution in [2.24, 2.45) is 0 Å². The fourth-order valence-corrected chi connectivity index (χ4v) is 3.73. The van der Waals surface area contributed by atoms with Gasteiger partial charge < -0.3 is 23.9 Å². The maximum atomic E-state index is 12.7. The average molecular weight is 439 g/mol. The molecule has 4 rings (SSSR count). The lowest BCUT2D eigenvalue weighted by atomic mass is 10.1. The quantitative estimate of drug-likeness (QED) is 0.378. The molecule has 0 unspecified atom stereocenters. The van der Waals surface area contributed by atoms with Crippen LogP contribution in [0.5, 0.6) is 11.5 Å². The number of fused-ring (bicyclic) bond motifs is 2. The molecule has 0 radical (unpaired) electrons. The third kappa shape index (κ3) is 4.80. The average Bonchev–Trinajstić information content (AvgIpc) is 3.27. The van der Waals surface area contributed by atoms with Crippen molar-refractivity contribution in [3.63, 3.8) is 0 Å². The monoisotopic (exact) mass is 438 g/mol. The van der Waals surface area contributed by atoms with Gasteiger partial charge in [0, 0.05) is 24.1 Å². The van der Waals surface area contributed by atoms with E-state index < -0.39 is 0 Å². The third-order valence-corrected chi connectivity index (χ3v) is 5.32. The van der Waals surface area contributed by atoms with Gasteiger partial charge in [0.25, 0.3) is 0 Å². The van der Waals surface area contributed by atoms with Gasteiger partial charge in [0.2, 0.25) is 0 Å². The Bertz CT molecular complexity index is 1270. The Hall–Kier alpha value is -3.26. The van der Waals surface area contributed by atoms with Crippen LogP contribution in [-0.2, 0) is 6.54 Å². The number of hydrogen-bond acceptors (Lipinski definition) is 6. The molecule has 8 nitrogen and oxygen atoms in total. The molecule has 0 saturated heterocycles. The molecule has 0 aliphatic rings. The molecule has 0 spiro atoms. The van der Waals surface area contributed by atoms with E-state index in [-0.39, 0.29) is 5.69 Å². The zero-order valence-corrected chi connectivity index (χ0v) is 19.1. The second kappa shape index (κ2) is 9.48. The largest absolute Gasteiger partial charge is 0.493 e. The van der Waals surface area contributed by atoms with E-state index in [1.54, 1.807) is 4.57 Å². The highest BCUT2D eigenvalue weighted by molar-refractivity contribution is 5.93. The van der Waals surface area contributed by atoms with Gasteiger partial charge in [0.05, 0.1) is 36.5 Å². The fraction of sp³-hybridized carbons (Fsp3) is 0.417. The van der Waals surface area contributed by atoms with Crippen LogP contribution in [0.25, 0.3) is 22.0 Å². The molecule has 0 aliphatic carbocycles. The highest BCUT2D eigenvalue weighted by atomic mass is 16.5. The van der Waals surface area contributed by atoms with E-state index in [2.05, 4.69) is 22.0 Å². The number of rotatable bonds is 10. The lowest BCUT2D eigenvalue weighted by Crippen LogP contribution is -2.17. The maximum Gasteiger partial charge on any atom is 0.326 e. The molecular formula is C24H30N4O4. The predicted octanol–water partition coefficient (Wildman–Crippen LogP) is 3.95. The zero-order chi connectivity index (χ0) is 22.7. The van der Waals surface area contributed by atoms with Crippen LogP contribution in [0.4, 0.5) is 0 Å². The number of hydrogen-bond donors (Lipinski definition) is 1. The molecule has 2 aromatic heterocycles. The molecule has 32 heavy (non-hydrogen) atoms. The number of aryl methyl sites for hydroxylation is 1. The molecule has 0 saturated carbocycles. The summed E-state index contributed by atoms with van der Waals surface area (Å²) in [5, 5.41) is 4.92. The van der Waals surface area contributed by atoms with Crippen LogP contribution in [0.15, 0.2) is 39.6 Å². The number of ether oxygens (including phenoxy) is 2. The summed E-state index contributed by atoms with van der Waals surface area (Å²) in [6.45, 7) is 6.56. The first-order chi connectivity index (χ1) is 15.4. The standard InChI is InChI=1S/C24H30N4O4/c1-5-8-30-18-10-17(11-19(12-18)31-9-6-7-27(3)4)15-28-22-13-20-16(2)26-32-23(20)14-21(22)25-24(28)29/h10-14H,5-9,15H2,1-4H3,(H,25,29). The Morgan fingerprint density at radius 1 is 1.09 bits per heavy atom. The first-order valence-electron chi connectivity index (χ1n) is 11.0. The van der Waals surface area contributed by atoms with Crippen LogP contribution in [-0.4, -0.2) is 53.5 Å². The van der Waals surface area contributed by atoms with Gasteiger partial charge in [-0.25, -0.2) is 4.79 Å². The Kier molecular flexibility index (Phi) is 6.50. The number of nitrogens with zero attached hydrogens (tertiary/aromatic N) is 3. The van der Waals surface area contributed by atoms with Crippen molar-refractivity contribution in [1.29, 1.82) is 0 Å². The van der Waals surface area contributed by atoms with E-state index in [1.165, 1.54) is 0 Å². The van der Waals surface area contributed by atoms with E-state index in [9.17, 15) is 4.79 Å². The van der Waals surface area contributed by atoms with Crippen LogP contribution in [0.2, 0.25) is 0 Å². The Balaban J connectivity index is 1.64. The molecule has 1 N–H and O–H groups in total. The number of H-pyrrole nitrogens is 1. The van der Waals surface area contributed by atoms with E-state index in [0.29, 0.717) is 25.3 Å². The van der Waals surface area contributed by atoms with E-state index in [4.69, 9.17) is 14.0 Å². The number of aromatic amines is 1. The van der Waals surface area contributed by atoms with Gasteiger partial charge >= 0.3 is 5.69 Å². The summed E-state index contributed by atoms with van der Waals surface area (Å²) in [6, 6.07) is 9.63. The van der Waals surface area contributed by atoms with E-state index in [0.717, 1.165) is 58.6 Å². The van der Waals surface area contributed by atoms with Gasteiger partial charge in [-0.1, -0.05) is 12.1 Å². The SMILES string of the molecule is CCCOc1cc(Cn2c(=O)[nH]c3cc4onc(C)c4cc32)cc(OCCCN(C)C)c1. The number of benzene rings is 2. The molecule has 8 heteroatoms. The summed E-state index contributed by atoms with van der Waals surface area (Å²) in [7, 11) is 4.09. The van der Waals surface area contributed by atoms with Crippen molar-refractivity contribution in [1.82, 2.24) is 19.6 Å². The highest BCUT2D eigenvalue weighted by Gasteiger charge is 2.14. The summed E-state index contributed by atoms with van der Waals surface area (Å²) in [6.07, 6.45) is 1.84. The molecule has 2 aromatic carbocycles. The van der Waals surface area contributed by atoms with Crippen LogP contribution in [0.1, 0.15) is 31.0 Å².